The quantitative estimate of drug-likeness (QED) is 0.492. The second-order valence-corrected chi connectivity index (χ2v) is 7.63. The maximum absolute atomic E-state index is 13.6. The molecule has 4 heterocycles. The number of fused-ring (bicyclic) bond motifs is 1. The van der Waals surface area contributed by atoms with Gasteiger partial charge in [-0.05, 0) is 42.0 Å². The largest absolute Gasteiger partial charge is 0.366 e. The summed E-state index contributed by atoms with van der Waals surface area (Å²) in [7, 11) is 0. The highest BCUT2D eigenvalue weighted by Gasteiger charge is 2.30. The minimum atomic E-state index is -0.505. The van der Waals surface area contributed by atoms with Crippen molar-refractivity contribution in [3.8, 4) is 0 Å². The molecule has 0 fully saturated rings. The Morgan fingerprint density at radius 1 is 1.31 bits per heavy atom. The van der Waals surface area contributed by atoms with Crippen LogP contribution in [0, 0.1) is 5.82 Å². The van der Waals surface area contributed by atoms with E-state index in [0.717, 1.165) is 16.8 Å². The van der Waals surface area contributed by atoms with Crippen LogP contribution < -0.4 is 21.7 Å². The van der Waals surface area contributed by atoms with Crippen LogP contribution in [0.2, 0.25) is 0 Å². The first-order valence-electron chi connectivity index (χ1n) is 10.3. The van der Waals surface area contributed by atoms with Crippen molar-refractivity contribution in [1.29, 1.82) is 0 Å². The zero-order valence-electron chi connectivity index (χ0n) is 17.1. The Morgan fingerprint density at radius 3 is 3.06 bits per heavy atom. The normalized spacial score (nSPS) is 20.2. The number of carbonyl (C=O) groups is 1. The van der Waals surface area contributed by atoms with Crippen LogP contribution in [0.1, 0.15) is 27.9 Å². The van der Waals surface area contributed by atoms with Gasteiger partial charge in [-0.1, -0.05) is 12.1 Å². The third kappa shape index (κ3) is 3.79. The van der Waals surface area contributed by atoms with Gasteiger partial charge in [-0.2, -0.15) is 0 Å². The van der Waals surface area contributed by atoms with E-state index in [1.165, 1.54) is 12.1 Å². The van der Waals surface area contributed by atoms with E-state index in [1.807, 2.05) is 28.8 Å². The summed E-state index contributed by atoms with van der Waals surface area (Å²) >= 11 is 0. The summed E-state index contributed by atoms with van der Waals surface area (Å²) in [5.41, 5.74) is 9.39. The first-order valence-corrected chi connectivity index (χ1v) is 10.3. The predicted octanol–water partition coefficient (Wildman–Crippen LogP) is 1.77. The predicted molar refractivity (Wildman–Crippen MR) is 119 cm³/mol. The Bertz CT molecular complexity index is 1280. The SMILES string of the molecule is NC(=O)c1cccn2c(C3NC4=C(CN=CC=C4)C(NCc4cccc(F)c4)N3)ncc12. The number of carbonyl (C=O) groups excluding carboxylic acids is 1. The Hall–Kier alpha value is -3.82. The molecule has 0 spiro atoms. The molecule has 2 atom stereocenters. The fraction of sp³-hybridized carbons (Fsp3) is 0.174. The Kier molecular flexibility index (Phi) is 5.26. The van der Waals surface area contributed by atoms with Gasteiger partial charge in [0.25, 0.3) is 5.91 Å². The Balaban J connectivity index is 1.47. The highest BCUT2D eigenvalue weighted by molar-refractivity contribution is 5.99. The van der Waals surface area contributed by atoms with Gasteiger partial charge in [-0.25, -0.2) is 9.37 Å². The molecule has 2 aromatic heterocycles. The molecule has 2 aliphatic heterocycles. The number of imidazole rings is 1. The number of pyridine rings is 1. The number of nitrogens with two attached hydrogens (primary N) is 1. The number of hydrogen-bond acceptors (Lipinski definition) is 6. The lowest BCUT2D eigenvalue weighted by atomic mass is 10.1. The average Bonchev–Trinajstić information content (AvgIpc) is 3.08. The summed E-state index contributed by atoms with van der Waals surface area (Å²) < 4.78 is 15.4. The van der Waals surface area contributed by atoms with Gasteiger partial charge < -0.3 is 15.5 Å². The van der Waals surface area contributed by atoms with Crippen LogP contribution in [0.15, 0.2) is 77.2 Å². The third-order valence-electron chi connectivity index (χ3n) is 5.57. The number of aliphatic imine (C=N–C) groups is 1. The van der Waals surface area contributed by atoms with E-state index in [4.69, 9.17) is 5.73 Å². The van der Waals surface area contributed by atoms with Gasteiger partial charge in [0.15, 0.2) is 5.82 Å². The molecule has 2 unspecified atom stereocenters. The van der Waals surface area contributed by atoms with Crippen molar-refractivity contribution in [3.63, 3.8) is 0 Å². The van der Waals surface area contributed by atoms with Crippen molar-refractivity contribution < 1.29 is 9.18 Å². The molecule has 1 amide bonds. The molecule has 0 saturated heterocycles. The fourth-order valence-corrected chi connectivity index (χ4v) is 4.05. The second-order valence-electron chi connectivity index (χ2n) is 7.63. The van der Waals surface area contributed by atoms with Crippen molar-refractivity contribution in [2.24, 2.45) is 10.7 Å². The standard InChI is InChI=1S/C23H22FN7O/c24-15-5-1-4-14(10-15)11-27-21-17-12-26-8-2-7-18(17)29-22(30-21)23-28-13-19-16(20(25)32)6-3-9-31(19)23/h1-10,13,21-22,27,29-30H,11-12H2,(H2,25,32). The third-order valence-corrected chi connectivity index (χ3v) is 5.57. The van der Waals surface area contributed by atoms with Gasteiger partial charge in [0.05, 0.1) is 30.0 Å². The summed E-state index contributed by atoms with van der Waals surface area (Å²) in [6, 6.07) is 9.96. The number of nitrogens with one attached hydrogen (secondary N) is 3. The summed E-state index contributed by atoms with van der Waals surface area (Å²) in [6.45, 7) is 0.991. The molecule has 0 radical (unpaired) electrons. The number of amides is 1. The van der Waals surface area contributed by atoms with Gasteiger partial charge >= 0.3 is 0 Å². The number of hydrogen-bond donors (Lipinski definition) is 4. The van der Waals surface area contributed by atoms with E-state index >= 15 is 0 Å². The maximum Gasteiger partial charge on any atom is 0.250 e. The molecular weight excluding hydrogens is 409 g/mol. The van der Waals surface area contributed by atoms with E-state index in [0.29, 0.717) is 30.0 Å². The molecular formula is C23H22FN7O. The van der Waals surface area contributed by atoms with Crippen molar-refractivity contribution in [2.45, 2.75) is 18.9 Å². The smallest absolute Gasteiger partial charge is 0.250 e. The highest BCUT2D eigenvalue weighted by Crippen LogP contribution is 2.24. The van der Waals surface area contributed by atoms with Crippen molar-refractivity contribution in [1.82, 2.24) is 25.3 Å². The van der Waals surface area contributed by atoms with Crippen LogP contribution in [-0.4, -0.2) is 34.2 Å². The van der Waals surface area contributed by atoms with E-state index in [9.17, 15) is 9.18 Å². The van der Waals surface area contributed by atoms with Crippen LogP contribution in [0.3, 0.4) is 0 Å². The highest BCUT2D eigenvalue weighted by atomic mass is 19.1. The number of rotatable bonds is 5. The van der Waals surface area contributed by atoms with Crippen LogP contribution in [0.4, 0.5) is 4.39 Å². The van der Waals surface area contributed by atoms with Crippen LogP contribution in [0.25, 0.3) is 5.52 Å². The summed E-state index contributed by atoms with van der Waals surface area (Å²) in [5.74, 6) is -0.0858. The molecule has 32 heavy (non-hydrogen) atoms. The number of nitrogens with zero attached hydrogens (tertiary/aromatic N) is 3. The number of halogens is 1. The van der Waals surface area contributed by atoms with Crippen LogP contribution >= 0.6 is 0 Å². The molecule has 162 valence electrons. The Morgan fingerprint density at radius 2 is 2.22 bits per heavy atom. The molecule has 8 nitrogen and oxygen atoms in total. The minimum Gasteiger partial charge on any atom is -0.366 e. The number of primary amides is 1. The molecule has 0 aliphatic carbocycles. The number of allylic oxidation sites excluding steroid dienone is 2. The monoisotopic (exact) mass is 431 g/mol. The zero-order valence-corrected chi connectivity index (χ0v) is 17.1. The van der Waals surface area contributed by atoms with Crippen molar-refractivity contribution in [3.05, 3.63) is 95.0 Å². The van der Waals surface area contributed by atoms with Crippen LogP contribution in [-0.2, 0) is 6.54 Å². The lowest BCUT2D eigenvalue weighted by Gasteiger charge is -2.35. The lowest BCUT2D eigenvalue weighted by molar-refractivity contribution is 0.100. The molecule has 5 N–H and O–H groups in total. The van der Waals surface area contributed by atoms with Crippen molar-refractivity contribution in [2.75, 3.05) is 6.54 Å². The maximum atomic E-state index is 13.6. The molecule has 1 aromatic carbocycles. The number of aromatic nitrogens is 2. The second kappa shape index (κ2) is 8.37. The summed E-state index contributed by atoms with van der Waals surface area (Å²) in [4.78, 5) is 20.8. The van der Waals surface area contributed by atoms with E-state index in [2.05, 4.69) is 25.9 Å². The minimum absolute atomic E-state index is 0.230. The number of benzene rings is 1. The topological polar surface area (TPSA) is 109 Å². The summed E-state index contributed by atoms with van der Waals surface area (Å²) in [6.07, 6.45) is 8.53. The first kappa shape index (κ1) is 20.1. The fourth-order valence-electron chi connectivity index (χ4n) is 4.05. The van der Waals surface area contributed by atoms with Gasteiger partial charge in [-0.3, -0.25) is 20.4 Å². The van der Waals surface area contributed by atoms with Gasteiger partial charge in [-0.15, -0.1) is 0 Å². The molecule has 2 aliphatic rings. The lowest BCUT2D eigenvalue weighted by Crippen LogP contribution is -2.54. The molecule has 5 rings (SSSR count). The average molecular weight is 431 g/mol. The van der Waals surface area contributed by atoms with Gasteiger partial charge in [0.1, 0.15) is 12.0 Å². The molecule has 3 aromatic rings. The van der Waals surface area contributed by atoms with E-state index < -0.39 is 5.91 Å². The van der Waals surface area contributed by atoms with Gasteiger partial charge in [0.2, 0.25) is 0 Å². The van der Waals surface area contributed by atoms with E-state index in [1.54, 1.807) is 30.6 Å². The molecule has 0 saturated carbocycles. The first-order chi connectivity index (χ1) is 15.6. The van der Waals surface area contributed by atoms with E-state index in [-0.39, 0.29) is 18.1 Å². The molecule has 9 heteroatoms. The van der Waals surface area contributed by atoms with Crippen LogP contribution in [0.5, 0.6) is 0 Å². The van der Waals surface area contributed by atoms with Gasteiger partial charge in [0, 0.05) is 30.2 Å². The summed E-state index contributed by atoms with van der Waals surface area (Å²) in [5, 5.41) is 10.5. The van der Waals surface area contributed by atoms with Crippen molar-refractivity contribution >= 4 is 17.6 Å². The Labute approximate surface area is 183 Å². The zero-order chi connectivity index (χ0) is 22.1. The molecule has 0 bridgehead atoms.